The van der Waals surface area contributed by atoms with E-state index in [-0.39, 0.29) is 0 Å². The van der Waals surface area contributed by atoms with E-state index in [1.807, 2.05) is 47.1 Å². The van der Waals surface area contributed by atoms with Crippen molar-refractivity contribution in [2.45, 2.75) is 26.3 Å². The van der Waals surface area contributed by atoms with Gasteiger partial charge in [-0.3, -0.25) is 9.67 Å². The molecule has 0 amide bonds. The number of aromatic nitrogens is 3. The third-order valence-corrected chi connectivity index (χ3v) is 4.11. The molecule has 128 valence electrons. The summed E-state index contributed by atoms with van der Waals surface area (Å²) in [5.41, 5.74) is 3.07. The highest BCUT2D eigenvalue weighted by atomic mass is 16.5. The van der Waals surface area contributed by atoms with Crippen molar-refractivity contribution in [2.24, 2.45) is 0 Å². The van der Waals surface area contributed by atoms with E-state index in [0.717, 1.165) is 48.1 Å². The predicted molar refractivity (Wildman–Crippen MR) is 93.3 cm³/mol. The number of nitrogens with zero attached hydrogens (tertiary/aromatic N) is 3. The van der Waals surface area contributed by atoms with E-state index in [4.69, 9.17) is 9.47 Å². The lowest BCUT2D eigenvalue weighted by Gasteiger charge is -2.16. The zero-order chi connectivity index (χ0) is 16.9. The molecule has 6 nitrogen and oxygen atoms in total. The molecule has 0 fully saturated rings. The summed E-state index contributed by atoms with van der Waals surface area (Å²) < 4.78 is 13.8. The molecule has 2 aromatic heterocycles. The van der Waals surface area contributed by atoms with Gasteiger partial charge in [0.2, 0.25) is 0 Å². The number of pyridine rings is 1. The second kappa shape index (κ2) is 7.36. The van der Waals surface area contributed by atoms with Crippen LogP contribution in [0.15, 0.2) is 54.9 Å². The van der Waals surface area contributed by atoms with E-state index < -0.39 is 0 Å². The minimum atomic E-state index is 0.452. The predicted octanol–water partition coefficient (Wildman–Crippen LogP) is 2.54. The first-order valence-corrected chi connectivity index (χ1v) is 8.38. The van der Waals surface area contributed by atoms with E-state index in [0.29, 0.717) is 13.2 Å². The van der Waals surface area contributed by atoms with E-state index in [1.165, 1.54) is 0 Å². The third-order valence-electron chi connectivity index (χ3n) is 4.11. The van der Waals surface area contributed by atoms with Crippen molar-refractivity contribution in [3.05, 3.63) is 71.8 Å². The summed E-state index contributed by atoms with van der Waals surface area (Å²) in [6.45, 7) is 3.56. The largest absolute Gasteiger partial charge is 0.487 e. The maximum atomic E-state index is 5.96. The monoisotopic (exact) mass is 336 g/mol. The first kappa shape index (κ1) is 15.7. The number of benzene rings is 1. The molecule has 3 aromatic rings. The van der Waals surface area contributed by atoms with E-state index in [9.17, 15) is 0 Å². The molecule has 6 heteroatoms. The number of hydrogen-bond donors (Lipinski definition) is 1. The van der Waals surface area contributed by atoms with Crippen LogP contribution in [0.2, 0.25) is 0 Å². The Bertz CT molecular complexity index is 832. The van der Waals surface area contributed by atoms with Crippen LogP contribution in [0, 0.1) is 0 Å². The minimum absolute atomic E-state index is 0.452. The molecule has 1 aliphatic rings. The minimum Gasteiger partial charge on any atom is -0.487 e. The highest BCUT2D eigenvalue weighted by molar-refractivity contribution is 5.30. The number of ether oxygens (including phenoxy) is 2. The Hall–Kier alpha value is -2.86. The maximum Gasteiger partial charge on any atom is 0.162 e. The molecular weight excluding hydrogens is 316 g/mol. The fourth-order valence-corrected chi connectivity index (χ4v) is 2.80. The molecule has 0 saturated heterocycles. The van der Waals surface area contributed by atoms with E-state index in [1.54, 1.807) is 12.4 Å². The van der Waals surface area contributed by atoms with Crippen molar-refractivity contribution in [2.75, 3.05) is 6.54 Å². The summed E-state index contributed by atoms with van der Waals surface area (Å²) in [7, 11) is 0. The molecule has 1 aromatic carbocycles. The van der Waals surface area contributed by atoms with Gasteiger partial charge in [-0.05, 0) is 29.8 Å². The quantitative estimate of drug-likeness (QED) is 0.749. The molecule has 0 bridgehead atoms. The average Bonchev–Trinajstić information content (AvgIpc) is 3.09. The lowest BCUT2D eigenvalue weighted by atomic mass is 10.2. The lowest BCUT2D eigenvalue weighted by Crippen LogP contribution is -2.28. The average molecular weight is 336 g/mol. The summed E-state index contributed by atoms with van der Waals surface area (Å²) in [5.74, 6) is 1.65. The highest BCUT2D eigenvalue weighted by Gasteiger charge is 2.15. The smallest absolute Gasteiger partial charge is 0.162 e. The SMILES string of the molecule is c1ccc(COc2cccc(COc3cnn4c3CNCC4)c2)nc1. The van der Waals surface area contributed by atoms with Crippen LogP contribution in [0.1, 0.15) is 17.0 Å². The Balaban J connectivity index is 1.37. The standard InChI is InChI=1S/C19H20N4O2/c1-2-7-21-16(5-1)14-24-17-6-3-4-15(10-17)13-25-19-12-22-23-9-8-20-11-18(19)23/h1-7,10,12,20H,8-9,11,13-14H2. The lowest BCUT2D eigenvalue weighted by molar-refractivity contribution is 0.290. The summed E-state index contributed by atoms with van der Waals surface area (Å²) in [5, 5.41) is 7.71. The zero-order valence-electron chi connectivity index (χ0n) is 13.9. The van der Waals surface area contributed by atoms with Crippen molar-refractivity contribution in [3.63, 3.8) is 0 Å². The van der Waals surface area contributed by atoms with Crippen LogP contribution >= 0.6 is 0 Å². The van der Waals surface area contributed by atoms with Gasteiger partial charge in [0.15, 0.2) is 5.75 Å². The Kier molecular flexibility index (Phi) is 4.61. The molecule has 0 unspecified atom stereocenters. The molecule has 0 radical (unpaired) electrons. The molecule has 0 atom stereocenters. The molecule has 25 heavy (non-hydrogen) atoms. The number of hydrogen-bond acceptors (Lipinski definition) is 5. The maximum absolute atomic E-state index is 5.96. The normalized spacial score (nSPS) is 13.3. The Morgan fingerprint density at radius 3 is 3.00 bits per heavy atom. The van der Waals surface area contributed by atoms with Gasteiger partial charge in [0.25, 0.3) is 0 Å². The van der Waals surface area contributed by atoms with Crippen LogP contribution in [0.4, 0.5) is 0 Å². The molecular formula is C19H20N4O2. The molecule has 1 aliphatic heterocycles. The molecule has 0 spiro atoms. The van der Waals surface area contributed by atoms with Crippen molar-refractivity contribution < 1.29 is 9.47 Å². The van der Waals surface area contributed by atoms with Gasteiger partial charge in [0.1, 0.15) is 19.0 Å². The van der Waals surface area contributed by atoms with Gasteiger partial charge in [0, 0.05) is 19.3 Å². The van der Waals surface area contributed by atoms with Gasteiger partial charge in [-0.2, -0.15) is 5.10 Å². The van der Waals surface area contributed by atoms with Gasteiger partial charge in [0.05, 0.1) is 24.1 Å². The third kappa shape index (κ3) is 3.80. The molecule has 0 saturated carbocycles. The second-order valence-corrected chi connectivity index (χ2v) is 5.90. The fraction of sp³-hybridized carbons (Fsp3) is 0.263. The molecule has 0 aliphatic carbocycles. The van der Waals surface area contributed by atoms with Crippen LogP contribution in [-0.2, 0) is 26.3 Å². The number of nitrogens with one attached hydrogen (secondary N) is 1. The number of fused-ring (bicyclic) bond motifs is 1. The topological polar surface area (TPSA) is 61.2 Å². The summed E-state index contributed by atoms with van der Waals surface area (Å²) in [6.07, 6.45) is 3.56. The van der Waals surface area contributed by atoms with Crippen molar-refractivity contribution in [1.29, 1.82) is 0 Å². The molecule has 4 rings (SSSR count). The van der Waals surface area contributed by atoms with Crippen LogP contribution in [0.3, 0.4) is 0 Å². The highest BCUT2D eigenvalue weighted by Crippen LogP contribution is 2.22. The summed E-state index contributed by atoms with van der Waals surface area (Å²) >= 11 is 0. The summed E-state index contributed by atoms with van der Waals surface area (Å²) in [6, 6.07) is 13.7. The van der Waals surface area contributed by atoms with Crippen LogP contribution < -0.4 is 14.8 Å². The van der Waals surface area contributed by atoms with E-state index in [2.05, 4.69) is 15.4 Å². The van der Waals surface area contributed by atoms with Crippen molar-refractivity contribution >= 4 is 0 Å². The number of rotatable bonds is 6. The van der Waals surface area contributed by atoms with Crippen LogP contribution in [0.25, 0.3) is 0 Å². The Labute approximate surface area is 146 Å². The fourth-order valence-electron chi connectivity index (χ4n) is 2.80. The summed E-state index contributed by atoms with van der Waals surface area (Å²) in [4.78, 5) is 4.26. The van der Waals surface area contributed by atoms with Gasteiger partial charge in [-0.1, -0.05) is 18.2 Å². The first-order valence-electron chi connectivity index (χ1n) is 8.38. The zero-order valence-corrected chi connectivity index (χ0v) is 13.9. The molecule has 1 N–H and O–H groups in total. The Morgan fingerprint density at radius 2 is 2.08 bits per heavy atom. The van der Waals surface area contributed by atoms with Gasteiger partial charge in [-0.15, -0.1) is 0 Å². The van der Waals surface area contributed by atoms with Gasteiger partial charge < -0.3 is 14.8 Å². The van der Waals surface area contributed by atoms with Crippen molar-refractivity contribution in [1.82, 2.24) is 20.1 Å². The van der Waals surface area contributed by atoms with Crippen LogP contribution in [-0.4, -0.2) is 21.3 Å². The Morgan fingerprint density at radius 1 is 1.08 bits per heavy atom. The van der Waals surface area contributed by atoms with Crippen LogP contribution in [0.5, 0.6) is 11.5 Å². The van der Waals surface area contributed by atoms with Gasteiger partial charge >= 0.3 is 0 Å². The molecule has 3 heterocycles. The van der Waals surface area contributed by atoms with E-state index >= 15 is 0 Å². The van der Waals surface area contributed by atoms with Gasteiger partial charge in [-0.25, -0.2) is 0 Å². The second-order valence-electron chi connectivity index (χ2n) is 5.90. The first-order chi connectivity index (χ1) is 12.4. The van der Waals surface area contributed by atoms with Crippen molar-refractivity contribution in [3.8, 4) is 11.5 Å².